The van der Waals surface area contributed by atoms with Crippen LogP contribution in [0.15, 0.2) is 114 Å². The molecule has 0 aromatic heterocycles. The van der Waals surface area contributed by atoms with Gasteiger partial charge >= 0.3 is 5.97 Å². The minimum atomic E-state index is -2.01. The predicted molar refractivity (Wildman–Crippen MR) is 356 cm³/mol. The molecule has 2 fully saturated rings. The number of aliphatic carboxylic acids is 1. The molecule has 2 heterocycles. The van der Waals surface area contributed by atoms with Gasteiger partial charge in [-0.15, -0.1) is 0 Å². The first-order valence-corrected chi connectivity index (χ1v) is 32.0. The van der Waals surface area contributed by atoms with Gasteiger partial charge in [-0.25, -0.2) is 0 Å². The minimum absolute atomic E-state index is 0.0424. The SMILES string of the molecule is CC(=O)N[C@H](Cc1ccc2ccccc2c1)C(=O)N[C@H](Cc1ccc(Cl)cc1)C(=O)N[C@@H]1CC(=O)NC[C@@H](C(=O)N2CCC[C@H]2C(=O)N[C@H](C)C(=O)O)NC(=O)[C@H](CC(C)C)NC(=O)[C@@H](Cc2ccc3ccccc3c2)NC(=O)[C@H](CCCN=C(N)N)NC(=O)[C@H](CO)NC1=O. The first kappa shape index (κ1) is 73.2. The van der Waals surface area contributed by atoms with Gasteiger partial charge in [0, 0.05) is 50.8 Å². The summed E-state index contributed by atoms with van der Waals surface area (Å²) in [6.45, 7) is 3.93. The first-order chi connectivity index (χ1) is 45.7. The van der Waals surface area contributed by atoms with Crippen molar-refractivity contribution < 1.29 is 67.7 Å². The minimum Gasteiger partial charge on any atom is -0.480 e. The van der Waals surface area contributed by atoms with Crippen molar-refractivity contribution >= 4 is 110 Å². The molecule has 0 bridgehead atoms. The third-order valence-electron chi connectivity index (χ3n) is 16.3. The van der Waals surface area contributed by atoms with E-state index in [0.717, 1.165) is 26.4 Å². The van der Waals surface area contributed by atoms with Crippen LogP contribution in [0.5, 0.6) is 0 Å². The molecule has 5 aromatic carbocycles. The van der Waals surface area contributed by atoms with Gasteiger partial charge in [0.15, 0.2) is 5.96 Å². The number of halogens is 1. The number of carbonyl (C=O) groups excluding carboxylic acids is 11. The summed E-state index contributed by atoms with van der Waals surface area (Å²) in [6, 6.07) is 16.2. The van der Waals surface area contributed by atoms with E-state index in [1.54, 1.807) is 44.2 Å². The number of aliphatic hydroxyl groups is 1. The van der Waals surface area contributed by atoms with Crippen LogP contribution in [0, 0.1) is 5.92 Å². The van der Waals surface area contributed by atoms with Crippen LogP contribution < -0.4 is 64.6 Å². The number of hydrogen-bond acceptors (Lipinski definition) is 14. The number of nitrogens with zero attached hydrogens (tertiary/aromatic N) is 2. The van der Waals surface area contributed by atoms with Crippen molar-refractivity contribution in [3.63, 3.8) is 0 Å². The van der Waals surface area contributed by atoms with Crippen molar-refractivity contribution in [2.75, 3.05) is 26.2 Å². The zero-order chi connectivity index (χ0) is 69.8. The van der Waals surface area contributed by atoms with Crippen molar-refractivity contribution in [2.45, 2.75) is 146 Å². The third-order valence-corrected chi connectivity index (χ3v) is 16.5. The van der Waals surface area contributed by atoms with Crippen molar-refractivity contribution in [3.05, 3.63) is 131 Å². The molecule has 512 valence electrons. The molecule has 5 aromatic rings. The number of carbonyl (C=O) groups is 12. The van der Waals surface area contributed by atoms with Gasteiger partial charge in [0.05, 0.1) is 13.0 Å². The summed E-state index contributed by atoms with van der Waals surface area (Å²) in [5.41, 5.74) is 12.8. The molecule has 28 nitrogen and oxygen atoms in total. The number of aliphatic hydroxyl groups excluding tert-OH is 1. The number of likely N-dealkylation sites (tertiary alicyclic amines) is 1. The zero-order valence-corrected chi connectivity index (χ0v) is 54.4. The van der Waals surface area contributed by atoms with Gasteiger partial charge in [-0.05, 0) is 95.3 Å². The number of fused-ring (bicyclic) bond motifs is 2. The smallest absolute Gasteiger partial charge is 0.325 e. The number of guanidine groups is 1. The predicted octanol–water partition coefficient (Wildman–Crippen LogP) is -0.235. The lowest BCUT2D eigenvalue weighted by Crippen LogP contribution is -2.63. The molecule has 29 heteroatoms. The molecule has 10 atom stereocenters. The Morgan fingerprint density at radius 2 is 1.21 bits per heavy atom. The van der Waals surface area contributed by atoms with Crippen LogP contribution in [0.3, 0.4) is 0 Å². The fourth-order valence-electron chi connectivity index (χ4n) is 11.3. The highest BCUT2D eigenvalue weighted by molar-refractivity contribution is 6.30. The molecular formula is C67H83ClN14O14. The quantitative estimate of drug-likeness (QED) is 0.0242. The standard InChI is InChI=1S/C67H83ClN14O14/c1-36(2)27-48-58(87)80-53(65(94)82-26-10-16-55(82)64(93)73-37(3)66(95)96)34-72-56(85)33-52(79-60(89)50(30-39-19-23-46(68)24-20-39)78-59(88)49(74-38(4)84)31-40-17-21-42-11-5-7-13-44(42)28-40)62(91)81-54(35-83)63(92)75-47(15-9-25-71-67(69)70)57(86)77-51(61(90)76-48)32-41-18-22-43-12-6-8-14-45(43)29-41/h5-8,11-14,17-24,28-29,36-37,47-55,83H,9-10,15-16,25-27,30-35H2,1-4H3,(H,72,85)(H,73,93)(H,74,84)(H,75,92)(H,76,90)(H,77,86)(H,78,88)(H,79,89)(H,80,87)(H,81,91)(H,95,96)(H4,69,70,71)/t37-,47+,48+,49-,50-,51-,52-,53+,54+,55+/m1/s1. The molecule has 2 aliphatic heterocycles. The Morgan fingerprint density at radius 1 is 0.656 bits per heavy atom. The number of aliphatic imine (C=N–C) groups is 1. The van der Waals surface area contributed by atoms with Gasteiger partial charge in [-0.1, -0.05) is 123 Å². The number of benzene rings is 5. The number of hydrogen-bond donors (Lipinski definition) is 14. The lowest BCUT2D eigenvalue weighted by Gasteiger charge is -2.31. The second kappa shape index (κ2) is 34.8. The van der Waals surface area contributed by atoms with Crippen LogP contribution in [0.25, 0.3) is 21.5 Å². The van der Waals surface area contributed by atoms with Gasteiger partial charge in [0.1, 0.15) is 60.4 Å². The van der Waals surface area contributed by atoms with Gasteiger partial charge in [0.25, 0.3) is 0 Å². The highest BCUT2D eigenvalue weighted by Crippen LogP contribution is 2.22. The third kappa shape index (κ3) is 21.4. The molecule has 0 radical (unpaired) electrons. The van der Waals surface area contributed by atoms with Crippen molar-refractivity contribution in [1.82, 2.24) is 58.1 Å². The molecule has 11 amide bonds. The fourth-order valence-corrected chi connectivity index (χ4v) is 11.4. The maximum Gasteiger partial charge on any atom is 0.325 e. The van der Waals surface area contributed by atoms with Crippen molar-refractivity contribution in [1.29, 1.82) is 0 Å². The Morgan fingerprint density at radius 3 is 1.83 bits per heavy atom. The Hall–Kier alpha value is -10.2. The first-order valence-electron chi connectivity index (χ1n) is 31.6. The van der Waals surface area contributed by atoms with Gasteiger partial charge < -0.3 is 79.7 Å². The second-order valence-corrected chi connectivity index (χ2v) is 24.7. The lowest BCUT2D eigenvalue weighted by molar-refractivity contribution is -0.144. The molecular weight excluding hydrogens is 1260 g/mol. The molecule has 0 unspecified atom stereocenters. The van der Waals surface area contributed by atoms with Crippen LogP contribution in [0.1, 0.15) is 82.9 Å². The average molecular weight is 1340 g/mol. The summed E-state index contributed by atoms with van der Waals surface area (Å²) < 4.78 is 0. The molecule has 0 aliphatic carbocycles. The van der Waals surface area contributed by atoms with Crippen LogP contribution >= 0.6 is 11.6 Å². The van der Waals surface area contributed by atoms with E-state index in [1.165, 1.54) is 26.0 Å². The maximum absolute atomic E-state index is 15.0. The molecule has 0 spiro atoms. The molecule has 7 rings (SSSR count). The summed E-state index contributed by atoms with van der Waals surface area (Å²) in [5, 5.41) is 50.0. The van der Waals surface area contributed by atoms with Crippen LogP contribution in [-0.4, -0.2) is 179 Å². The van der Waals surface area contributed by atoms with Crippen LogP contribution in [0.2, 0.25) is 5.02 Å². The Labute approximate surface area is 559 Å². The van der Waals surface area contributed by atoms with E-state index in [1.807, 2.05) is 66.7 Å². The molecule has 16 N–H and O–H groups in total. The largest absolute Gasteiger partial charge is 0.480 e. The molecule has 0 saturated carbocycles. The maximum atomic E-state index is 15.0. The van der Waals surface area contributed by atoms with Crippen molar-refractivity contribution in [3.8, 4) is 0 Å². The summed E-state index contributed by atoms with van der Waals surface area (Å²) >= 11 is 6.23. The lowest BCUT2D eigenvalue weighted by atomic mass is 9.98. The van der Waals surface area contributed by atoms with Crippen LogP contribution in [0.4, 0.5) is 0 Å². The number of rotatable bonds is 22. The van der Waals surface area contributed by atoms with Gasteiger partial charge in [-0.2, -0.15) is 0 Å². The summed E-state index contributed by atoms with van der Waals surface area (Å²) in [7, 11) is 0. The van der Waals surface area contributed by atoms with E-state index in [4.69, 9.17) is 23.1 Å². The summed E-state index contributed by atoms with van der Waals surface area (Å²) in [4.78, 5) is 176. The second-order valence-electron chi connectivity index (χ2n) is 24.3. The Kier molecular flexibility index (Phi) is 26.5. The van der Waals surface area contributed by atoms with Gasteiger partial charge in [0.2, 0.25) is 65.0 Å². The number of nitrogens with two attached hydrogens (primary N) is 2. The summed E-state index contributed by atoms with van der Waals surface area (Å²) in [6.07, 6.45) is -1.41. The number of carboxylic acid groups (broad SMARTS) is 1. The van der Waals surface area contributed by atoms with Crippen LogP contribution in [-0.2, 0) is 76.8 Å². The van der Waals surface area contributed by atoms with E-state index in [-0.39, 0.29) is 76.3 Å². The van der Waals surface area contributed by atoms with E-state index >= 15 is 0 Å². The van der Waals surface area contributed by atoms with Crippen molar-refractivity contribution in [2.24, 2.45) is 22.4 Å². The molecule has 2 saturated heterocycles. The van der Waals surface area contributed by atoms with Gasteiger partial charge in [-0.3, -0.25) is 62.5 Å². The Balaban J connectivity index is 1.28. The van der Waals surface area contributed by atoms with E-state index in [9.17, 15) is 67.7 Å². The fraction of sp³-hybridized carbons (Fsp3) is 0.418. The highest BCUT2D eigenvalue weighted by Gasteiger charge is 2.41. The monoisotopic (exact) mass is 1340 g/mol. The average Bonchev–Trinajstić information content (AvgIpc) is 1.23. The van der Waals surface area contributed by atoms with E-state index < -0.39 is 151 Å². The Bertz CT molecular complexity index is 3720. The molecule has 2 aliphatic rings. The topological polar surface area (TPSA) is 433 Å². The molecule has 96 heavy (non-hydrogen) atoms. The highest BCUT2D eigenvalue weighted by atomic mass is 35.5. The number of carboxylic acids is 1. The van der Waals surface area contributed by atoms with E-state index in [0.29, 0.717) is 21.7 Å². The van der Waals surface area contributed by atoms with E-state index in [2.05, 4.69) is 58.2 Å². The number of amides is 11. The number of nitrogens with one attached hydrogen (secondary N) is 10. The summed E-state index contributed by atoms with van der Waals surface area (Å²) in [5.74, 6) is -12.5. The zero-order valence-electron chi connectivity index (χ0n) is 53.7. The normalized spacial score (nSPS) is 20.9.